The number of nitrogens with zero attached hydrogens (tertiary/aromatic N) is 2. The predicted octanol–water partition coefficient (Wildman–Crippen LogP) is 5.27. The number of hydrogen-bond acceptors (Lipinski definition) is 2. The maximum atomic E-state index is 13.1. The summed E-state index contributed by atoms with van der Waals surface area (Å²) in [4.78, 5) is 16.9. The number of piperazine rings is 1. The van der Waals surface area contributed by atoms with Crippen molar-refractivity contribution in [3.63, 3.8) is 0 Å². The standard InChI is InChI=1S/C22H23Cl2FN2O/c1-15-13-27(22(28)10-6-17-5-9-20(23)21(24)11-17)16(2)12-26(15)14-18-3-7-19(25)8-4-18/h3-11,15-16H,12-14H2,1-2H3/b10-6+/t15-,16+/m0/s1. The van der Waals surface area contributed by atoms with Crippen LogP contribution in [0.15, 0.2) is 48.5 Å². The first-order chi connectivity index (χ1) is 13.3. The molecule has 1 aliphatic rings. The zero-order valence-corrected chi connectivity index (χ0v) is 17.4. The highest BCUT2D eigenvalue weighted by atomic mass is 35.5. The van der Waals surface area contributed by atoms with Crippen LogP contribution in [-0.2, 0) is 11.3 Å². The van der Waals surface area contributed by atoms with Crippen LogP contribution in [0.25, 0.3) is 6.08 Å². The molecule has 3 rings (SSSR count). The molecule has 0 bridgehead atoms. The van der Waals surface area contributed by atoms with Gasteiger partial charge < -0.3 is 4.90 Å². The second kappa shape index (κ2) is 9.08. The maximum absolute atomic E-state index is 13.1. The molecule has 1 fully saturated rings. The highest BCUT2D eigenvalue weighted by Gasteiger charge is 2.30. The molecule has 3 nitrogen and oxygen atoms in total. The fourth-order valence-electron chi connectivity index (χ4n) is 3.43. The van der Waals surface area contributed by atoms with Crippen molar-refractivity contribution in [1.82, 2.24) is 9.80 Å². The molecule has 6 heteroatoms. The van der Waals surface area contributed by atoms with Gasteiger partial charge >= 0.3 is 0 Å². The Morgan fingerprint density at radius 2 is 1.79 bits per heavy atom. The highest BCUT2D eigenvalue weighted by molar-refractivity contribution is 6.42. The van der Waals surface area contributed by atoms with Gasteiger partial charge in [0.05, 0.1) is 10.0 Å². The van der Waals surface area contributed by atoms with Gasteiger partial charge in [-0.3, -0.25) is 9.69 Å². The normalized spacial score (nSPS) is 20.7. The van der Waals surface area contributed by atoms with Crippen molar-refractivity contribution in [2.45, 2.75) is 32.5 Å². The Morgan fingerprint density at radius 3 is 2.46 bits per heavy atom. The summed E-state index contributed by atoms with van der Waals surface area (Å²) in [6.07, 6.45) is 3.34. The van der Waals surface area contributed by atoms with Crippen LogP contribution >= 0.6 is 23.2 Å². The predicted molar refractivity (Wildman–Crippen MR) is 113 cm³/mol. The van der Waals surface area contributed by atoms with Crippen LogP contribution in [-0.4, -0.2) is 40.9 Å². The molecule has 0 N–H and O–H groups in total. The van der Waals surface area contributed by atoms with Crippen LogP contribution in [0.2, 0.25) is 10.0 Å². The Bertz CT molecular complexity index is 869. The van der Waals surface area contributed by atoms with E-state index >= 15 is 0 Å². The molecule has 1 aliphatic heterocycles. The first kappa shape index (κ1) is 20.8. The minimum absolute atomic E-state index is 0.0214. The van der Waals surface area contributed by atoms with E-state index in [2.05, 4.69) is 18.7 Å². The Hall–Kier alpha value is -1.88. The van der Waals surface area contributed by atoms with Crippen molar-refractivity contribution in [2.75, 3.05) is 13.1 Å². The van der Waals surface area contributed by atoms with Gasteiger partial charge in [-0.15, -0.1) is 0 Å². The van der Waals surface area contributed by atoms with Crippen LogP contribution in [0.3, 0.4) is 0 Å². The third-order valence-electron chi connectivity index (χ3n) is 5.06. The highest BCUT2D eigenvalue weighted by Crippen LogP contribution is 2.23. The molecule has 1 amide bonds. The summed E-state index contributed by atoms with van der Waals surface area (Å²) in [6.45, 7) is 6.32. The summed E-state index contributed by atoms with van der Waals surface area (Å²) in [5.41, 5.74) is 1.90. The Balaban J connectivity index is 1.62. The van der Waals surface area contributed by atoms with Gasteiger partial charge in [-0.1, -0.05) is 41.4 Å². The van der Waals surface area contributed by atoms with E-state index in [0.29, 0.717) is 16.6 Å². The monoisotopic (exact) mass is 420 g/mol. The average molecular weight is 421 g/mol. The zero-order chi connectivity index (χ0) is 20.3. The zero-order valence-electron chi connectivity index (χ0n) is 15.9. The fourth-order valence-corrected chi connectivity index (χ4v) is 3.74. The summed E-state index contributed by atoms with van der Waals surface area (Å²) in [5, 5.41) is 0.956. The molecule has 2 aromatic rings. The molecule has 0 radical (unpaired) electrons. The average Bonchev–Trinajstić information content (AvgIpc) is 2.67. The van der Waals surface area contributed by atoms with Crippen LogP contribution in [0.4, 0.5) is 4.39 Å². The number of amides is 1. The molecule has 0 unspecified atom stereocenters. The molecule has 0 saturated carbocycles. The summed E-state index contributed by atoms with van der Waals surface area (Å²) >= 11 is 11.9. The lowest BCUT2D eigenvalue weighted by molar-refractivity contribution is -0.131. The quantitative estimate of drug-likeness (QED) is 0.629. The molecule has 2 atom stereocenters. The number of hydrogen-bond donors (Lipinski definition) is 0. The molecule has 1 heterocycles. The van der Waals surface area contributed by atoms with E-state index in [0.717, 1.165) is 24.2 Å². The number of rotatable bonds is 4. The van der Waals surface area contributed by atoms with Crippen LogP contribution in [0.1, 0.15) is 25.0 Å². The minimum Gasteiger partial charge on any atom is -0.334 e. The van der Waals surface area contributed by atoms with Crippen molar-refractivity contribution < 1.29 is 9.18 Å². The molecule has 0 aromatic heterocycles. The molecule has 0 spiro atoms. The Labute approximate surface area is 175 Å². The summed E-state index contributed by atoms with van der Waals surface area (Å²) < 4.78 is 13.1. The van der Waals surface area contributed by atoms with Crippen molar-refractivity contribution >= 4 is 35.2 Å². The van der Waals surface area contributed by atoms with Gasteiger partial charge in [-0.25, -0.2) is 4.39 Å². The largest absolute Gasteiger partial charge is 0.334 e. The van der Waals surface area contributed by atoms with Gasteiger partial charge in [-0.2, -0.15) is 0 Å². The van der Waals surface area contributed by atoms with Gasteiger partial charge in [0.2, 0.25) is 5.91 Å². The lowest BCUT2D eigenvalue weighted by atomic mass is 10.1. The summed E-state index contributed by atoms with van der Waals surface area (Å²) in [6, 6.07) is 12.2. The maximum Gasteiger partial charge on any atom is 0.246 e. The molecule has 0 aliphatic carbocycles. The van der Waals surface area contributed by atoms with E-state index in [-0.39, 0.29) is 23.8 Å². The van der Waals surface area contributed by atoms with Gasteiger partial charge in [0, 0.05) is 37.8 Å². The van der Waals surface area contributed by atoms with E-state index in [1.165, 1.54) is 12.1 Å². The van der Waals surface area contributed by atoms with Gasteiger partial charge in [0.15, 0.2) is 0 Å². The van der Waals surface area contributed by atoms with Gasteiger partial charge in [0.1, 0.15) is 5.82 Å². The Kier molecular flexibility index (Phi) is 6.76. The lowest BCUT2D eigenvalue weighted by Crippen LogP contribution is -2.57. The minimum atomic E-state index is -0.227. The van der Waals surface area contributed by atoms with Crippen molar-refractivity contribution in [1.29, 1.82) is 0 Å². The van der Waals surface area contributed by atoms with E-state index in [1.807, 2.05) is 23.1 Å². The van der Waals surface area contributed by atoms with Crippen molar-refractivity contribution in [3.8, 4) is 0 Å². The molecular formula is C22H23Cl2FN2O. The van der Waals surface area contributed by atoms with Crippen molar-refractivity contribution in [3.05, 3.63) is 75.5 Å². The number of benzene rings is 2. The Morgan fingerprint density at radius 1 is 1.07 bits per heavy atom. The third kappa shape index (κ3) is 5.13. The van der Waals surface area contributed by atoms with Crippen molar-refractivity contribution in [2.24, 2.45) is 0 Å². The second-order valence-electron chi connectivity index (χ2n) is 7.25. The second-order valence-corrected chi connectivity index (χ2v) is 8.07. The number of halogens is 3. The van der Waals surface area contributed by atoms with E-state index in [1.54, 1.807) is 24.3 Å². The molecule has 148 valence electrons. The molecule has 2 aromatic carbocycles. The van der Waals surface area contributed by atoms with E-state index < -0.39 is 0 Å². The van der Waals surface area contributed by atoms with Crippen LogP contribution < -0.4 is 0 Å². The van der Waals surface area contributed by atoms with Crippen LogP contribution in [0.5, 0.6) is 0 Å². The first-order valence-corrected chi connectivity index (χ1v) is 10.0. The molecular weight excluding hydrogens is 398 g/mol. The third-order valence-corrected chi connectivity index (χ3v) is 5.80. The first-order valence-electron chi connectivity index (χ1n) is 9.25. The summed E-state index contributed by atoms with van der Waals surface area (Å²) in [7, 11) is 0. The lowest BCUT2D eigenvalue weighted by Gasteiger charge is -2.44. The number of carbonyl (C=O) groups excluding carboxylic acids is 1. The SMILES string of the molecule is C[C@@H]1CN(Cc2ccc(F)cc2)[C@@H](C)CN1C(=O)/C=C/c1ccc(Cl)c(Cl)c1. The number of carbonyl (C=O) groups is 1. The van der Waals surface area contributed by atoms with E-state index in [4.69, 9.17) is 23.2 Å². The molecule has 1 saturated heterocycles. The fraction of sp³-hybridized carbons (Fsp3) is 0.318. The van der Waals surface area contributed by atoms with Crippen LogP contribution in [0, 0.1) is 5.82 Å². The van der Waals surface area contributed by atoms with E-state index in [9.17, 15) is 9.18 Å². The summed E-state index contributed by atoms with van der Waals surface area (Å²) in [5.74, 6) is -0.249. The molecule has 28 heavy (non-hydrogen) atoms. The smallest absolute Gasteiger partial charge is 0.246 e. The topological polar surface area (TPSA) is 23.6 Å². The van der Waals surface area contributed by atoms with Gasteiger partial charge in [-0.05, 0) is 55.3 Å². The van der Waals surface area contributed by atoms with Gasteiger partial charge in [0.25, 0.3) is 0 Å².